The van der Waals surface area contributed by atoms with Crippen LogP contribution in [0.2, 0.25) is 0 Å². The van der Waals surface area contributed by atoms with Gasteiger partial charge >= 0.3 is 6.03 Å². The Morgan fingerprint density at radius 3 is 2.44 bits per heavy atom. The molecule has 1 aromatic rings. The molecule has 2 fully saturated rings. The number of likely N-dealkylation sites (tertiary alicyclic amines) is 1. The first-order chi connectivity index (χ1) is 12.0. The SMILES string of the molecule is CC1CC(NC(=O)NC2CN(Cc3ccccc3)CC2C)CC(C)O1. The number of nitrogens with zero attached hydrogens (tertiary/aromatic N) is 1. The minimum absolute atomic E-state index is 0.0373. The van der Waals surface area contributed by atoms with Gasteiger partial charge in [-0.1, -0.05) is 37.3 Å². The maximum atomic E-state index is 12.4. The van der Waals surface area contributed by atoms with Crippen molar-refractivity contribution in [3.05, 3.63) is 35.9 Å². The Hall–Kier alpha value is -1.59. The quantitative estimate of drug-likeness (QED) is 0.882. The zero-order chi connectivity index (χ0) is 17.8. The lowest BCUT2D eigenvalue weighted by molar-refractivity contribution is -0.0402. The molecule has 2 amide bonds. The van der Waals surface area contributed by atoms with Crippen molar-refractivity contribution in [3.8, 4) is 0 Å². The molecule has 0 spiro atoms. The average molecular weight is 345 g/mol. The monoisotopic (exact) mass is 345 g/mol. The minimum atomic E-state index is -0.0373. The highest BCUT2D eigenvalue weighted by atomic mass is 16.5. The molecule has 5 nitrogen and oxygen atoms in total. The molecule has 2 saturated heterocycles. The molecule has 3 rings (SSSR count). The highest BCUT2D eigenvalue weighted by Crippen LogP contribution is 2.20. The average Bonchev–Trinajstić information content (AvgIpc) is 2.86. The number of urea groups is 1. The normalized spacial score (nSPS) is 33.2. The number of hydrogen-bond acceptors (Lipinski definition) is 3. The lowest BCUT2D eigenvalue weighted by Crippen LogP contribution is -2.51. The van der Waals surface area contributed by atoms with Crippen LogP contribution in [0.4, 0.5) is 4.79 Å². The van der Waals surface area contributed by atoms with Crippen molar-refractivity contribution in [1.82, 2.24) is 15.5 Å². The van der Waals surface area contributed by atoms with Gasteiger partial charge in [-0.3, -0.25) is 4.90 Å². The lowest BCUT2D eigenvalue weighted by Gasteiger charge is -2.33. The molecule has 25 heavy (non-hydrogen) atoms. The largest absolute Gasteiger partial charge is 0.375 e. The first-order valence-electron chi connectivity index (χ1n) is 9.48. The molecule has 0 radical (unpaired) electrons. The summed E-state index contributed by atoms with van der Waals surface area (Å²) in [6, 6.07) is 10.9. The predicted molar refractivity (Wildman–Crippen MR) is 99.4 cm³/mol. The lowest BCUT2D eigenvalue weighted by atomic mass is 10.00. The van der Waals surface area contributed by atoms with E-state index in [9.17, 15) is 4.79 Å². The molecule has 2 aliphatic rings. The highest BCUT2D eigenvalue weighted by Gasteiger charge is 2.32. The zero-order valence-corrected chi connectivity index (χ0v) is 15.6. The summed E-state index contributed by atoms with van der Waals surface area (Å²) in [7, 11) is 0. The van der Waals surface area contributed by atoms with Crippen LogP contribution in [-0.2, 0) is 11.3 Å². The molecule has 4 atom stereocenters. The van der Waals surface area contributed by atoms with E-state index in [1.807, 2.05) is 6.07 Å². The van der Waals surface area contributed by atoms with Crippen LogP contribution in [-0.4, -0.2) is 48.3 Å². The van der Waals surface area contributed by atoms with E-state index in [2.05, 4.69) is 60.6 Å². The van der Waals surface area contributed by atoms with E-state index >= 15 is 0 Å². The van der Waals surface area contributed by atoms with Gasteiger partial charge in [0.2, 0.25) is 0 Å². The number of nitrogens with one attached hydrogen (secondary N) is 2. The minimum Gasteiger partial charge on any atom is -0.375 e. The van der Waals surface area contributed by atoms with Gasteiger partial charge in [0.1, 0.15) is 0 Å². The molecule has 138 valence electrons. The molecule has 0 aromatic heterocycles. The van der Waals surface area contributed by atoms with E-state index in [0.29, 0.717) is 5.92 Å². The number of carbonyl (C=O) groups excluding carboxylic acids is 1. The van der Waals surface area contributed by atoms with E-state index in [4.69, 9.17) is 4.74 Å². The second-order valence-corrected chi connectivity index (χ2v) is 7.81. The molecule has 5 heteroatoms. The van der Waals surface area contributed by atoms with Crippen molar-refractivity contribution in [3.63, 3.8) is 0 Å². The Kier molecular flexibility index (Phi) is 5.97. The highest BCUT2D eigenvalue weighted by molar-refractivity contribution is 5.74. The Morgan fingerprint density at radius 1 is 1.08 bits per heavy atom. The van der Waals surface area contributed by atoms with E-state index in [0.717, 1.165) is 32.5 Å². The number of hydrogen-bond donors (Lipinski definition) is 2. The number of ether oxygens (including phenoxy) is 1. The van der Waals surface area contributed by atoms with E-state index in [-0.39, 0.29) is 30.3 Å². The molecule has 2 N–H and O–H groups in total. The van der Waals surface area contributed by atoms with Crippen molar-refractivity contribution >= 4 is 6.03 Å². The number of rotatable bonds is 4. The number of carbonyl (C=O) groups is 1. The Morgan fingerprint density at radius 2 is 1.76 bits per heavy atom. The standard InChI is InChI=1S/C20H31N3O2/c1-14-11-23(12-17-7-5-4-6-8-17)13-19(14)22-20(24)21-18-9-15(2)25-16(3)10-18/h4-8,14-16,18-19H,9-13H2,1-3H3,(H2,21,22,24). The second kappa shape index (κ2) is 8.19. The summed E-state index contributed by atoms with van der Waals surface area (Å²) in [5, 5.41) is 6.33. The van der Waals surface area contributed by atoms with Crippen molar-refractivity contribution < 1.29 is 9.53 Å². The molecule has 1 aromatic carbocycles. The smallest absolute Gasteiger partial charge is 0.315 e. The van der Waals surface area contributed by atoms with Crippen LogP contribution < -0.4 is 10.6 Å². The summed E-state index contributed by atoms with van der Waals surface area (Å²) in [6.45, 7) is 9.23. The van der Waals surface area contributed by atoms with Crippen molar-refractivity contribution in [2.45, 2.75) is 64.4 Å². The predicted octanol–water partition coefficient (Wildman–Crippen LogP) is 2.76. The summed E-state index contributed by atoms with van der Waals surface area (Å²) in [4.78, 5) is 14.8. The van der Waals surface area contributed by atoms with Gasteiger partial charge in [-0.25, -0.2) is 4.79 Å². The third-order valence-corrected chi connectivity index (χ3v) is 5.29. The summed E-state index contributed by atoms with van der Waals surface area (Å²) in [6.07, 6.45) is 2.19. The van der Waals surface area contributed by atoms with Gasteiger partial charge in [0.05, 0.1) is 12.2 Å². The Bertz CT molecular complexity index is 555. The van der Waals surface area contributed by atoms with Crippen molar-refractivity contribution in [2.75, 3.05) is 13.1 Å². The van der Waals surface area contributed by atoms with E-state index in [1.54, 1.807) is 0 Å². The molecule has 0 bridgehead atoms. The fourth-order valence-corrected chi connectivity index (χ4v) is 4.14. The maximum Gasteiger partial charge on any atom is 0.315 e. The topological polar surface area (TPSA) is 53.6 Å². The fraction of sp³-hybridized carbons (Fsp3) is 0.650. The van der Waals surface area contributed by atoms with Gasteiger partial charge in [0.25, 0.3) is 0 Å². The zero-order valence-electron chi connectivity index (χ0n) is 15.6. The third kappa shape index (κ3) is 5.19. The second-order valence-electron chi connectivity index (χ2n) is 7.81. The van der Waals surface area contributed by atoms with Crippen LogP contribution >= 0.6 is 0 Å². The van der Waals surface area contributed by atoms with E-state index < -0.39 is 0 Å². The fourth-order valence-electron chi connectivity index (χ4n) is 4.14. The van der Waals surface area contributed by atoms with Gasteiger partial charge in [-0.2, -0.15) is 0 Å². The van der Waals surface area contributed by atoms with Crippen LogP contribution in [0.3, 0.4) is 0 Å². The molecule has 4 unspecified atom stereocenters. The van der Waals surface area contributed by atoms with Crippen LogP contribution in [0.25, 0.3) is 0 Å². The Balaban J connectivity index is 1.46. The number of amides is 2. The van der Waals surface area contributed by atoms with Crippen LogP contribution in [0.1, 0.15) is 39.2 Å². The van der Waals surface area contributed by atoms with Gasteiger partial charge in [-0.05, 0) is 38.2 Å². The summed E-state index contributed by atoms with van der Waals surface area (Å²) >= 11 is 0. The summed E-state index contributed by atoms with van der Waals surface area (Å²) in [5.41, 5.74) is 1.32. The van der Waals surface area contributed by atoms with Crippen LogP contribution in [0, 0.1) is 5.92 Å². The molecular formula is C20H31N3O2. The van der Waals surface area contributed by atoms with Gasteiger partial charge < -0.3 is 15.4 Å². The third-order valence-electron chi connectivity index (χ3n) is 5.29. The molecule has 0 aliphatic carbocycles. The van der Waals surface area contributed by atoms with Crippen LogP contribution in [0.5, 0.6) is 0 Å². The van der Waals surface area contributed by atoms with Gasteiger partial charge in [0, 0.05) is 31.7 Å². The summed E-state index contributed by atoms with van der Waals surface area (Å²) < 4.78 is 5.74. The number of benzene rings is 1. The summed E-state index contributed by atoms with van der Waals surface area (Å²) in [5.74, 6) is 0.460. The molecular weight excluding hydrogens is 314 g/mol. The van der Waals surface area contributed by atoms with Gasteiger partial charge in [-0.15, -0.1) is 0 Å². The first kappa shape index (κ1) is 18.2. The maximum absolute atomic E-state index is 12.4. The van der Waals surface area contributed by atoms with E-state index in [1.165, 1.54) is 5.56 Å². The molecule has 0 saturated carbocycles. The van der Waals surface area contributed by atoms with Gasteiger partial charge in [0.15, 0.2) is 0 Å². The Labute approximate surface area is 151 Å². The molecule has 2 heterocycles. The van der Waals surface area contributed by atoms with Crippen molar-refractivity contribution in [1.29, 1.82) is 0 Å². The first-order valence-corrected chi connectivity index (χ1v) is 9.48. The molecule has 2 aliphatic heterocycles. The van der Waals surface area contributed by atoms with Crippen molar-refractivity contribution in [2.24, 2.45) is 5.92 Å². The van der Waals surface area contributed by atoms with Crippen LogP contribution in [0.15, 0.2) is 30.3 Å².